The molecule has 100 valence electrons. The molecule has 1 aromatic carbocycles. The molecule has 2 aliphatic carbocycles. The van der Waals surface area contributed by atoms with E-state index in [9.17, 15) is 9.59 Å². The van der Waals surface area contributed by atoms with Gasteiger partial charge in [0.25, 0.3) is 0 Å². The molecule has 0 heterocycles. The first kappa shape index (κ1) is 12.6. The highest BCUT2D eigenvalue weighted by atomic mass is 16.2. The van der Waals surface area contributed by atoms with Gasteiger partial charge in [-0.05, 0) is 30.1 Å². The monoisotopic (exact) mass is 256 g/mol. The van der Waals surface area contributed by atoms with Crippen molar-refractivity contribution >= 4 is 11.6 Å². The first-order valence-electron chi connectivity index (χ1n) is 7.08. The summed E-state index contributed by atoms with van der Waals surface area (Å²) < 4.78 is 0. The Hall–Kier alpha value is -1.44. The van der Waals surface area contributed by atoms with E-state index in [1.54, 1.807) is 12.1 Å². The topological polar surface area (TPSA) is 34.1 Å². The van der Waals surface area contributed by atoms with Crippen LogP contribution in [0.4, 0.5) is 0 Å². The van der Waals surface area contributed by atoms with Crippen LogP contribution in [0.1, 0.15) is 54.3 Å². The number of ketones is 2. The molecule has 0 spiro atoms. The summed E-state index contributed by atoms with van der Waals surface area (Å²) in [5.74, 6) is 0.386. The van der Waals surface area contributed by atoms with Crippen LogP contribution in [0.3, 0.4) is 0 Å². The van der Waals surface area contributed by atoms with E-state index >= 15 is 0 Å². The number of fused-ring (bicyclic) bond motifs is 1. The number of carbonyl (C=O) groups is 2. The van der Waals surface area contributed by atoms with Crippen molar-refractivity contribution in [3.63, 3.8) is 0 Å². The molecular formula is C17H20O2. The minimum atomic E-state index is -0.440. The maximum absolute atomic E-state index is 12.6. The SMILES string of the molecule is CC(C)(C)C(C1CC1)C1C(=O)c2ccccc2C1=O. The van der Waals surface area contributed by atoms with Crippen LogP contribution in [0.15, 0.2) is 24.3 Å². The van der Waals surface area contributed by atoms with Gasteiger partial charge < -0.3 is 0 Å². The smallest absolute Gasteiger partial charge is 0.174 e. The van der Waals surface area contributed by atoms with E-state index < -0.39 is 5.92 Å². The van der Waals surface area contributed by atoms with Crippen molar-refractivity contribution in [1.82, 2.24) is 0 Å². The Bertz CT molecular complexity index is 512. The van der Waals surface area contributed by atoms with Crippen LogP contribution in [0, 0.1) is 23.2 Å². The van der Waals surface area contributed by atoms with Crippen molar-refractivity contribution in [2.45, 2.75) is 33.6 Å². The van der Waals surface area contributed by atoms with Gasteiger partial charge in [-0.3, -0.25) is 9.59 Å². The Morgan fingerprint density at radius 2 is 1.47 bits per heavy atom. The molecule has 2 aliphatic rings. The predicted octanol–water partition coefficient (Wildman–Crippen LogP) is 3.75. The highest BCUT2D eigenvalue weighted by molar-refractivity contribution is 6.26. The van der Waals surface area contributed by atoms with E-state index in [2.05, 4.69) is 20.8 Å². The van der Waals surface area contributed by atoms with Crippen molar-refractivity contribution < 1.29 is 9.59 Å². The normalized spacial score (nSPS) is 21.6. The van der Waals surface area contributed by atoms with Crippen LogP contribution in [0.2, 0.25) is 0 Å². The van der Waals surface area contributed by atoms with Crippen LogP contribution in [0.25, 0.3) is 0 Å². The van der Waals surface area contributed by atoms with E-state index in [4.69, 9.17) is 0 Å². The minimum Gasteiger partial charge on any atom is -0.293 e. The highest BCUT2D eigenvalue weighted by Gasteiger charge is 2.52. The zero-order chi connectivity index (χ0) is 13.8. The second kappa shape index (κ2) is 4.03. The molecule has 3 rings (SSSR count). The first-order chi connectivity index (χ1) is 8.91. The maximum atomic E-state index is 12.6. The largest absolute Gasteiger partial charge is 0.293 e. The van der Waals surface area contributed by atoms with Gasteiger partial charge in [-0.15, -0.1) is 0 Å². The number of rotatable bonds is 2. The van der Waals surface area contributed by atoms with Crippen molar-refractivity contribution in [3.8, 4) is 0 Å². The Balaban J connectivity index is 2.03. The molecule has 0 aliphatic heterocycles. The lowest BCUT2D eigenvalue weighted by atomic mass is 9.68. The second-order valence-electron chi connectivity index (χ2n) is 6.98. The van der Waals surface area contributed by atoms with Gasteiger partial charge in [-0.2, -0.15) is 0 Å². The van der Waals surface area contributed by atoms with E-state index in [0.29, 0.717) is 17.0 Å². The van der Waals surface area contributed by atoms with Gasteiger partial charge in [0.05, 0.1) is 5.92 Å². The van der Waals surface area contributed by atoms with Gasteiger partial charge in [-0.1, -0.05) is 45.0 Å². The van der Waals surface area contributed by atoms with Gasteiger partial charge >= 0.3 is 0 Å². The van der Waals surface area contributed by atoms with Gasteiger partial charge in [0, 0.05) is 11.1 Å². The number of benzene rings is 1. The zero-order valence-corrected chi connectivity index (χ0v) is 11.8. The highest BCUT2D eigenvalue weighted by Crippen LogP contribution is 2.52. The van der Waals surface area contributed by atoms with Crippen molar-refractivity contribution in [3.05, 3.63) is 35.4 Å². The fraction of sp³-hybridized carbons (Fsp3) is 0.529. The lowest BCUT2D eigenvalue weighted by Gasteiger charge is -2.34. The van der Waals surface area contributed by atoms with Crippen LogP contribution in [-0.2, 0) is 0 Å². The van der Waals surface area contributed by atoms with Gasteiger partial charge in [0.1, 0.15) is 0 Å². The molecule has 0 N–H and O–H groups in total. The maximum Gasteiger partial charge on any atom is 0.174 e. The molecule has 1 fully saturated rings. The van der Waals surface area contributed by atoms with Crippen LogP contribution >= 0.6 is 0 Å². The van der Waals surface area contributed by atoms with Crippen LogP contribution in [-0.4, -0.2) is 11.6 Å². The van der Waals surface area contributed by atoms with E-state index in [0.717, 1.165) is 12.8 Å². The van der Waals surface area contributed by atoms with Gasteiger partial charge in [0.15, 0.2) is 11.6 Å². The fourth-order valence-electron chi connectivity index (χ4n) is 3.63. The summed E-state index contributed by atoms with van der Waals surface area (Å²) >= 11 is 0. The van der Waals surface area contributed by atoms with Gasteiger partial charge in [0.2, 0.25) is 0 Å². The Morgan fingerprint density at radius 3 is 1.84 bits per heavy atom. The molecule has 1 saturated carbocycles. The predicted molar refractivity (Wildman–Crippen MR) is 74.3 cm³/mol. The third-order valence-electron chi connectivity index (χ3n) is 4.51. The van der Waals surface area contributed by atoms with Crippen LogP contribution in [0.5, 0.6) is 0 Å². The van der Waals surface area contributed by atoms with Crippen molar-refractivity contribution in [1.29, 1.82) is 0 Å². The molecule has 1 unspecified atom stereocenters. The summed E-state index contributed by atoms with van der Waals surface area (Å²) in [6.45, 7) is 6.46. The number of hydrogen-bond acceptors (Lipinski definition) is 2. The number of hydrogen-bond donors (Lipinski definition) is 0. The van der Waals surface area contributed by atoms with Gasteiger partial charge in [-0.25, -0.2) is 0 Å². The molecule has 0 amide bonds. The quantitative estimate of drug-likeness (QED) is 0.755. The first-order valence-corrected chi connectivity index (χ1v) is 7.08. The Kier molecular flexibility index (Phi) is 2.67. The van der Waals surface area contributed by atoms with E-state index in [-0.39, 0.29) is 22.9 Å². The molecule has 1 aromatic rings. The summed E-state index contributed by atoms with van der Waals surface area (Å²) in [7, 11) is 0. The fourth-order valence-corrected chi connectivity index (χ4v) is 3.63. The number of carbonyl (C=O) groups excluding carboxylic acids is 2. The zero-order valence-electron chi connectivity index (χ0n) is 11.8. The average Bonchev–Trinajstić information content (AvgIpc) is 3.13. The summed E-state index contributed by atoms with van der Waals surface area (Å²) in [5, 5.41) is 0. The molecule has 0 aromatic heterocycles. The molecule has 1 atom stereocenters. The van der Waals surface area contributed by atoms with E-state index in [1.165, 1.54) is 0 Å². The van der Waals surface area contributed by atoms with E-state index in [1.807, 2.05) is 12.1 Å². The summed E-state index contributed by atoms with van der Waals surface area (Å²) in [4.78, 5) is 25.2. The molecule has 0 radical (unpaired) electrons. The second-order valence-corrected chi connectivity index (χ2v) is 6.98. The Labute approximate surface area is 114 Å². The lowest BCUT2D eigenvalue weighted by Crippen LogP contribution is -2.36. The third-order valence-corrected chi connectivity index (χ3v) is 4.51. The Morgan fingerprint density at radius 1 is 1.00 bits per heavy atom. The summed E-state index contributed by atoms with van der Waals surface area (Å²) in [5.41, 5.74) is 1.26. The third kappa shape index (κ3) is 1.94. The summed E-state index contributed by atoms with van der Waals surface area (Å²) in [6.07, 6.45) is 2.32. The van der Waals surface area contributed by atoms with Crippen molar-refractivity contribution in [2.24, 2.45) is 23.2 Å². The lowest BCUT2D eigenvalue weighted by molar-refractivity contribution is 0.0640. The minimum absolute atomic E-state index is 0.000797. The van der Waals surface area contributed by atoms with Crippen molar-refractivity contribution in [2.75, 3.05) is 0 Å². The van der Waals surface area contributed by atoms with Crippen LogP contribution < -0.4 is 0 Å². The standard InChI is InChI=1S/C17H20O2/c1-17(2,3)14(10-8-9-10)13-15(18)11-6-4-5-7-12(11)16(13)19/h4-7,10,13-14H,8-9H2,1-3H3. The molecule has 2 nitrogen and oxygen atoms in total. The molecule has 2 heteroatoms. The number of Topliss-reactive ketones (excluding diaryl/α,β-unsaturated/α-hetero) is 2. The molecule has 0 bridgehead atoms. The summed E-state index contributed by atoms with van der Waals surface area (Å²) in [6, 6.07) is 7.27. The molecule has 19 heavy (non-hydrogen) atoms. The average molecular weight is 256 g/mol. The molecule has 0 saturated heterocycles. The molecular weight excluding hydrogens is 236 g/mol.